The number of thioether (sulfide) groups is 1. The minimum Gasteiger partial charge on any atom is -0.205 e. The largest absolute Gasteiger partial charge is 0.205 e. The Kier molecular flexibility index (Phi) is 2.80. The second-order valence-corrected chi connectivity index (χ2v) is 6.34. The molecule has 2 rings (SSSR count). The van der Waals surface area contributed by atoms with Crippen molar-refractivity contribution in [2.45, 2.75) is 4.90 Å². The first-order chi connectivity index (χ1) is 6.22. The second-order valence-electron chi connectivity index (χ2n) is 2.54. The summed E-state index contributed by atoms with van der Waals surface area (Å²) in [6.07, 6.45) is 2.01. The van der Waals surface area contributed by atoms with Crippen molar-refractivity contribution in [1.29, 1.82) is 0 Å². The maximum absolute atomic E-state index is 13.3. The third-order valence-corrected chi connectivity index (χ3v) is 4.49. The van der Waals surface area contributed by atoms with Crippen LogP contribution in [0.15, 0.2) is 23.1 Å². The standard InChI is InChI=1S/C9H6FIS2/c1-12-7-3-2-6(10)9-5(7)4-8(11)13-9/h2-4H,1H3. The lowest BCUT2D eigenvalue weighted by molar-refractivity contribution is 0.641. The van der Waals surface area contributed by atoms with Crippen molar-refractivity contribution < 1.29 is 4.39 Å². The molecular formula is C9H6FIS2. The fraction of sp³-hybridized carbons (Fsp3) is 0.111. The number of fused-ring (bicyclic) bond motifs is 1. The summed E-state index contributed by atoms with van der Waals surface area (Å²) in [5.74, 6) is -0.110. The number of halogens is 2. The Morgan fingerprint density at radius 1 is 1.46 bits per heavy atom. The highest BCUT2D eigenvalue weighted by Gasteiger charge is 2.08. The van der Waals surface area contributed by atoms with Gasteiger partial charge in [0.05, 0.1) is 7.58 Å². The third kappa shape index (κ3) is 1.71. The molecule has 0 nitrogen and oxygen atoms in total. The van der Waals surface area contributed by atoms with Gasteiger partial charge in [-0.1, -0.05) is 0 Å². The Balaban J connectivity index is 2.83. The normalized spacial score (nSPS) is 11.0. The van der Waals surface area contributed by atoms with Crippen LogP contribution in [0.3, 0.4) is 0 Å². The van der Waals surface area contributed by atoms with E-state index >= 15 is 0 Å². The molecular weight excluding hydrogens is 318 g/mol. The zero-order chi connectivity index (χ0) is 9.42. The van der Waals surface area contributed by atoms with Crippen molar-refractivity contribution >= 4 is 55.8 Å². The van der Waals surface area contributed by atoms with E-state index in [9.17, 15) is 4.39 Å². The maximum Gasteiger partial charge on any atom is 0.141 e. The molecule has 13 heavy (non-hydrogen) atoms. The highest BCUT2D eigenvalue weighted by Crippen LogP contribution is 2.34. The molecule has 0 radical (unpaired) electrons. The van der Waals surface area contributed by atoms with Crippen LogP contribution in [0.2, 0.25) is 0 Å². The van der Waals surface area contributed by atoms with Gasteiger partial charge in [0, 0.05) is 10.3 Å². The average molecular weight is 324 g/mol. The predicted molar refractivity (Wildman–Crippen MR) is 66.3 cm³/mol. The van der Waals surface area contributed by atoms with Crippen molar-refractivity contribution in [2.24, 2.45) is 0 Å². The van der Waals surface area contributed by atoms with Gasteiger partial charge < -0.3 is 0 Å². The van der Waals surface area contributed by atoms with Crippen LogP contribution in [0.4, 0.5) is 4.39 Å². The van der Waals surface area contributed by atoms with Gasteiger partial charge in [-0.25, -0.2) is 4.39 Å². The van der Waals surface area contributed by atoms with Crippen molar-refractivity contribution in [1.82, 2.24) is 0 Å². The fourth-order valence-electron chi connectivity index (χ4n) is 1.21. The monoisotopic (exact) mass is 324 g/mol. The fourth-order valence-corrected chi connectivity index (χ4v) is 3.65. The van der Waals surface area contributed by atoms with E-state index in [1.165, 1.54) is 11.3 Å². The number of thiophene rings is 1. The number of rotatable bonds is 1. The van der Waals surface area contributed by atoms with Crippen LogP contribution in [-0.2, 0) is 0 Å². The van der Waals surface area contributed by atoms with Gasteiger partial charge >= 0.3 is 0 Å². The van der Waals surface area contributed by atoms with E-state index in [0.717, 1.165) is 17.9 Å². The average Bonchev–Trinajstić information content (AvgIpc) is 2.48. The second kappa shape index (κ2) is 3.74. The molecule has 68 valence electrons. The summed E-state index contributed by atoms with van der Waals surface area (Å²) >= 11 is 5.39. The van der Waals surface area contributed by atoms with E-state index in [0.29, 0.717) is 0 Å². The lowest BCUT2D eigenvalue weighted by atomic mass is 10.2. The van der Waals surface area contributed by atoms with E-state index in [1.54, 1.807) is 17.8 Å². The first kappa shape index (κ1) is 9.73. The van der Waals surface area contributed by atoms with Crippen LogP contribution in [0, 0.1) is 8.70 Å². The van der Waals surface area contributed by atoms with Crippen LogP contribution in [0.25, 0.3) is 10.1 Å². The zero-order valence-corrected chi connectivity index (χ0v) is 10.6. The molecule has 0 N–H and O–H groups in total. The Morgan fingerprint density at radius 3 is 2.92 bits per heavy atom. The minimum absolute atomic E-state index is 0.110. The van der Waals surface area contributed by atoms with Gasteiger partial charge in [0.25, 0.3) is 0 Å². The molecule has 4 heteroatoms. The predicted octanol–water partition coefficient (Wildman–Crippen LogP) is 4.37. The summed E-state index contributed by atoms with van der Waals surface area (Å²) < 4.78 is 15.2. The molecule has 2 aromatic rings. The minimum atomic E-state index is -0.110. The molecule has 0 aliphatic heterocycles. The van der Waals surface area contributed by atoms with Gasteiger partial charge in [-0.3, -0.25) is 0 Å². The first-order valence-corrected chi connectivity index (χ1v) is 6.76. The molecule has 1 aromatic heterocycles. The van der Waals surface area contributed by atoms with E-state index in [1.807, 2.05) is 18.4 Å². The quantitative estimate of drug-likeness (QED) is 0.555. The van der Waals surface area contributed by atoms with E-state index in [4.69, 9.17) is 0 Å². The lowest BCUT2D eigenvalue weighted by Gasteiger charge is -1.98. The Hall–Kier alpha value is 0.190. The number of benzene rings is 1. The van der Waals surface area contributed by atoms with Crippen molar-refractivity contribution in [2.75, 3.05) is 6.26 Å². The van der Waals surface area contributed by atoms with E-state index in [2.05, 4.69) is 22.6 Å². The zero-order valence-electron chi connectivity index (χ0n) is 6.80. The van der Waals surface area contributed by atoms with Gasteiger partial charge in [-0.05, 0) is 47.0 Å². The Morgan fingerprint density at radius 2 is 2.23 bits per heavy atom. The molecule has 0 spiro atoms. The highest BCUT2D eigenvalue weighted by atomic mass is 127. The molecule has 0 unspecified atom stereocenters. The van der Waals surface area contributed by atoms with Crippen molar-refractivity contribution in [3.05, 3.63) is 26.9 Å². The van der Waals surface area contributed by atoms with Crippen molar-refractivity contribution in [3.8, 4) is 0 Å². The van der Waals surface area contributed by atoms with Gasteiger partial charge in [0.1, 0.15) is 5.82 Å². The summed E-state index contributed by atoms with van der Waals surface area (Å²) in [5, 5.41) is 1.04. The maximum atomic E-state index is 13.3. The molecule has 0 saturated carbocycles. The van der Waals surface area contributed by atoms with Gasteiger partial charge in [0.2, 0.25) is 0 Å². The Bertz CT molecular complexity index is 450. The summed E-state index contributed by atoms with van der Waals surface area (Å²) in [6.45, 7) is 0. The molecule has 0 saturated heterocycles. The van der Waals surface area contributed by atoms with Crippen LogP contribution in [0.5, 0.6) is 0 Å². The molecule has 0 aliphatic rings. The summed E-state index contributed by atoms with van der Waals surface area (Å²) in [5.41, 5.74) is 0. The van der Waals surface area contributed by atoms with E-state index < -0.39 is 0 Å². The molecule has 1 aromatic carbocycles. The van der Waals surface area contributed by atoms with Gasteiger partial charge in [0.15, 0.2) is 0 Å². The first-order valence-electron chi connectivity index (χ1n) is 3.64. The highest BCUT2D eigenvalue weighted by molar-refractivity contribution is 14.1. The van der Waals surface area contributed by atoms with E-state index in [-0.39, 0.29) is 5.82 Å². The SMILES string of the molecule is CSc1ccc(F)c2sc(I)cc12. The molecule has 0 fully saturated rings. The van der Waals surface area contributed by atoms with Crippen LogP contribution in [0.1, 0.15) is 0 Å². The Labute approximate surface area is 97.7 Å². The summed E-state index contributed by atoms with van der Waals surface area (Å²) in [7, 11) is 0. The number of hydrogen-bond acceptors (Lipinski definition) is 2. The number of hydrogen-bond donors (Lipinski definition) is 0. The van der Waals surface area contributed by atoms with Gasteiger partial charge in [-0.15, -0.1) is 23.1 Å². The smallest absolute Gasteiger partial charge is 0.141 e. The lowest BCUT2D eigenvalue weighted by Crippen LogP contribution is -1.75. The molecule has 0 amide bonds. The molecule has 0 aliphatic carbocycles. The molecule has 1 heterocycles. The summed E-state index contributed by atoms with van der Waals surface area (Å²) in [4.78, 5) is 1.15. The summed E-state index contributed by atoms with van der Waals surface area (Å²) in [6, 6.07) is 5.42. The van der Waals surface area contributed by atoms with Crippen LogP contribution in [-0.4, -0.2) is 6.26 Å². The van der Waals surface area contributed by atoms with Crippen LogP contribution < -0.4 is 0 Å². The van der Waals surface area contributed by atoms with Gasteiger partial charge in [-0.2, -0.15) is 0 Å². The van der Waals surface area contributed by atoms with Crippen LogP contribution >= 0.6 is 45.7 Å². The molecule has 0 atom stereocenters. The third-order valence-electron chi connectivity index (χ3n) is 1.79. The topological polar surface area (TPSA) is 0 Å². The van der Waals surface area contributed by atoms with Crippen molar-refractivity contribution in [3.63, 3.8) is 0 Å². The molecule has 0 bridgehead atoms.